The molecular weight excluding hydrogens is 310 g/mol. The molecule has 1 saturated heterocycles. The maximum Gasteiger partial charge on any atom is 0.0896 e. The van der Waals surface area contributed by atoms with Crippen LogP contribution in [0.3, 0.4) is 0 Å². The van der Waals surface area contributed by atoms with Crippen molar-refractivity contribution in [3.05, 3.63) is 64.9 Å². The van der Waals surface area contributed by atoms with Crippen LogP contribution in [0.5, 0.6) is 0 Å². The second-order valence-corrected chi connectivity index (χ2v) is 6.34. The topological polar surface area (TPSA) is 37.4 Å². The number of rotatable bonds is 5. The number of hydrogen-bond acceptors (Lipinski definition) is 4. The first-order valence-corrected chi connectivity index (χ1v) is 8.29. The predicted molar refractivity (Wildman–Crippen MR) is 92.5 cm³/mol. The van der Waals surface area contributed by atoms with Gasteiger partial charge in [-0.05, 0) is 36.9 Å². The normalized spacial score (nSPS) is 20.3. The highest BCUT2D eigenvalue weighted by molar-refractivity contribution is 6.30. The number of morpholine rings is 1. The van der Waals surface area contributed by atoms with Crippen LogP contribution in [-0.4, -0.2) is 42.7 Å². The molecule has 2 aromatic rings. The van der Waals surface area contributed by atoms with Gasteiger partial charge in [-0.1, -0.05) is 29.8 Å². The molecule has 1 N–H and O–H groups in total. The summed E-state index contributed by atoms with van der Waals surface area (Å²) < 4.78 is 6.03. The number of nitrogens with one attached hydrogen (secondary N) is 1. The molecule has 0 unspecified atom stereocenters. The minimum absolute atomic E-state index is 0.108. The van der Waals surface area contributed by atoms with Gasteiger partial charge in [0.1, 0.15) is 0 Å². The van der Waals surface area contributed by atoms with E-state index in [2.05, 4.69) is 34.4 Å². The van der Waals surface area contributed by atoms with Gasteiger partial charge in [-0.15, -0.1) is 0 Å². The van der Waals surface area contributed by atoms with Crippen molar-refractivity contribution in [1.29, 1.82) is 0 Å². The molecule has 23 heavy (non-hydrogen) atoms. The third-order valence-electron chi connectivity index (χ3n) is 4.13. The lowest BCUT2D eigenvalue weighted by Gasteiger charge is -2.36. The van der Waals surface area contributed by atoms with E-state index in [0.717, 1.165) is 30.4 Å². The first-order valence-electron chi connectivity index (χ1n) is 7.91. The lowest BCUT2D eigenvalue weighted by Crippen LogP contribution is -2.46. The second kappa shape index (κ2) is 7.88. The van der Waals surface area contributed by atoms with Gasteiger partial charge in [0, 0.05) is 30.9 Å². The summed E-state index contributed by atoms with van der Waals surface area (Å²) in [5, 5.41) is 4.35. The molecule has 0 radical (unpaired) electrons. The summed E-state index contributed by atoms with van der Waals surface area (Å²) in [4.78, 5) is 6.69. The summed E-state index contributed by atoms with van der Waals surface area (Å²) in [6, 6.07) is 14.1. The molecule has 2 heterocycles. The SMILES string of the molecule is CN1CCO[C@H]([C@@H](NCc2ccccn2)c2ccc(Cl)cc2)C1. The van der Waals surface area contributed by atoms with Gasteiger partial charge < -0.3 is 15.0 Å². The predicted octanol–water partition coefficient (Wildman–Crippen LogP) is 2.90. The Morgan fingerprint density at radius 2 is 2.13 bits per heavy atom. The molecular formula is C18H22ClN3O. The van der Waals surface area contributed by atoms with Crippen molar-refractivity contribution >= 4 is 11.6 Å². The van der Waals surface area contributed by atoms with Gasteiger partial charge in [0.15, 0.2) is 0 Å². The Kier molecular flexibility index (Phi) is 5.62. The number of halogens is 1. The highest BCUT2D eigenvalue weighted by atomic mass is 35.5. The summed E-state index contributed by atoms with van der Waals surface area (Å²) in [6.07, 6.45) is 1.93. The van der Waals surface area contributed by atoms with Gasteiger partial charge in [0.25, 0.3) is 0 Å². The Balaban J connectivity index is 1.76. The molecule has 0 bridgehead atoms. The Hall–Kier alpha value is -1.46. The summed E-state index contributed by atoms with van der Waals surface area (Å²) in [5.41, 5.74) is 2.21. The zero-order chi connectivity index (χ0) is 16.1. The lowest BCUT2D eigenvalue weighted by atomic mass is 10.00. The fourth-order valence-corrected chi connectivity index (χ4v) is 2.99. The molecule has 2 atom stereocenters. The molecule has 0 amide bonds. The molecule has 4 nitrogen and oxygen atoms in total. The van der Waals surface area contributed by atoms with E-state index in [9.17, 15) is 0 Å². The van der Waals surface area contributed by atoms with Gasteiger partial charge in [0.05, 0.1) is 24.4 Å². The number of nitrogens with zero attached hydrogens (tertiary/aromatic N) is 2. The first-order chi connectivity index (χ1) is 11.2. The van der Waals surface area contributed by atoms with E-state index in [0.29, 0.717) is 6.54 Å². The van der Waals surface area contributed by atoms with E-state index >= 15 is 0 Å². The maximum absolute atomic E-state index is 6.03. The van der Waals surface area contributed by atoms with Crippen molar-refractivity contribution in [1.82, 2.24) is 15.2 Å². The van der Waals surface area contributed by atoms with Crippen LogP contribution in [0.2, 0.25) is 5.02 Å². The number of ether oxygens (including phenoxy) is 1. The summed E-state index contributed by atoms with van der Waals surface area (Å²) in [7, 11) is 2.13. The van der Waals surface area contributed by atoms with Crippen LogP contribution in [0.4, 0.5) is 0 Å². The first kappa shape index (κ1) is 16.4. The Morgan fingerprint density at radius 1 is 1.30 bits per heavy atom. The summed E-state index contributed by atoms with van der Waals surface area (Å²) in [6.45, 7) is 3.35. The molecule has 122 valence electrons. The van der Waals surface area contributed by atoms with E-state index < -0.39 is 0 Å². The molecule has 0 aliphatic carbocycles. The van der Waals surface area contributed by atoms with Crippen molar-refractivity contribution in [2.75, 3.05) is 26.7 Å². The van der Waals surface area contributed by atoms with Gasteiger partial charge >= 0.3 is 0 Å². The zero-order valence-corrected chi connectivity index (χ0v) is 14.0. The number of aromatic nitrogens is 1. The van der Waals surface area contributed by atoms with Crippen LogP contribution in [0.1, 0.15) is 17.3 Å². The maximum atomic E-state index is 6.03. The zero-order valence-electron chi connectivity index (χ0n) is 13.3. The fraction of sp³-hybridized carbons (Fsp3) is 0.389. The van der Waals surface area contributed by atoms with E-state index in [-0.39, 0.29) is 12.1 Å². The number of benzene rings is 1. The molecule has 1 aliphatic rings. The monoisotopic (exact) mass is 331 g/mol. The Labute approximate surface area is 142 Å². The lowest BCUT2D eigenvalue weighted by molar-refractivity contribution is -0.0396. The van der Waals surface area contributed by atoms with Crippen LogP contribution in [0, 0.1) is 0 Å². The van der Waals surface area contributed by atoms with E-state index in [1.807, 2.05) is 36.5 Å². The molecule has 1 aromatic carbocycles. The van der Waals surface area contributed by atoms with E-state index in [1.165, 1.54) is 5.56 Å². The Morgan fingerprint density at radius 3 is 2.83 bits per heavy atom. The quantitative estimate of drug-likeness (QED) is 0.914. The third-order valence-corrected chi connectivity index (χ3v) is 4.38. The van der Waals surface area contributed by atoms with E-state index in [1.54, 1.807) is 0 Å². The molecule has 0 spiro atoms. The standard InChI is InChI=1S/C18H22ClN3O/c1-22-10-11-23-17(13-22)18(14-5-7-15(19)8-6-14)21-12-16-4-2-3-9-20-16/h2-9,17-18,21H,10-13H2,1H3/t17-,18-/m0/s1. The molecule has 0 saturated carbocycles. The molecule has 1 fully saturated rings. The molecule has 1 aliphatic heterocycles. The number of hydrogen-bond donors (Lipinski definition) is 1. The minimum atomic E-state index is 0.108. The van der Waals surface area contributed by atoms with Crippen LogP contribution >= 0.6 is 11.6 Å². The van der Waals surface area contributed by atoms with Crippen molar-refractivity contribution in [3.8, 4) is 0 Å². The van der Waals surface area contributed by atoms with Crippen LogP contribution in [0.15, 0.2) is 48.7 Å². The van der Waals surface area contributed by atoms with Gasteiger partial charge in [-0.25, -0.2) is 0 Å². The number of pyridine rings is 1. The van der Waals surface area contributed by atoms with Gasteiger partial charge in [-0.3, -0.25) is 4.98 Å². The number of likely N-dealkylation sites (N-methyl/N-ethyl adjacent to an activating group) is 1. The van der Waals surface area contributed by atoms with Crippen LogP contribution in [0.25, 0.3) is 0 Å². The van der Waals surface area contributed by atoms with Gasteiger partial charge in [-0.2, -0.15) is 0 Å². The summed E-state index contributed by atoms with van der Waals surface area (Å²) >= 11 is 6.03. The van der Waals surface area contributed by atoms with Crippen molar-refractivity contribution in [2.24, 2.45) is 0 Å². The smallest absolute Gasteiger partial charge is 0.0896 e. The van der Waals surface area contributed by atoms with E-state index in [4.69, 9.17) is 16.3 Å². The largest absolute Gasteiger partial charge is 0.374 e. The van der Waals surface area contributed by atoms with Crippen molar-refractivity contribution < 1.29 is 4.74 Å². The van der Waals surface area contributed by atoms with Crippen LogP contribution in [-0.2, 0) is 11.3 Å². The van der Waals surface area contributed by atoms with Gasteiger partial charge in [0.2, 0.25) is 0 Å². The molecule has 1 aromatic heterocycles. The summed E-state index contributed by atoms with van der Waals surface area (Å²) in [5.74, 6) is 0. The highest BCUT2D eigenvalue weighted by Gasteiger charge is 2.27. The minimum Gasteiger partial charge on any atom is -0.374 e. The average molecular weight is 332 g/mol. The second-order valence-electron chi connectivity index (χ2n) is 5.90. The van der Waals surface area contributed by atoms with Crippen molar-refractivity contribution in [3.63, 3.8) is 0 Å². The average Bonchev–Trinajstić information content (AvgIpc) is 2.58. The highest BCUT2D eigenvalue weighted by Crippen LogP contribution is 2.24. The Bertz CT molecular complexity index is 605. The third kappa shape index (κ3) is 4.52. The van der Waals surface area contributed by atoms with Crippen molar-refractivity contribution in [2.45, 2.75) is 18.7 Å². The molecule has 5 heteroatoms. The van der Waals surface area contributed by atoms with Crippen LogP contribution < -0.4 is 5.32 Å². The molecule has 3 rings (SSSR count). The fourth-order valence-electron chi connectivity index (χ4n) is 2.86.